The van der Waals surface area contributed by atoms with Gasteiger partial charge in [0.15, 0.2) is 0 Å². The molecule has 1 atom stereocenters. The second-order valence-corrected chi connectivity index (χ2v) is 5.39. The monoisotopic (exact) mass is 285 g/mol. The fourth-order valence-electron chi connectivity index (χ4n) is 2.96. The Bertz CT molecular complexity index is 609. The van der Waals surface area contributed by atoms with Crippen LogP contribution in [0.3, 0.4) is 0 Å². The third kappa shape index (κ3) is 3.08. The highest BCUT2D eigenvalue weighted by atomic mass is 19.1. The lowest BCUT2D eigenvalue weighted by atomic mass is 10.1. The maximum Gasteiger partial charge on any atom is 0.123 e. The summed E-state index contributed by atoms with van der Waals surface area (Å²) < 4.78 is 18.8. The SMILES string of the molecule is CCNC1CCc2c(OCc3ccc(F)cc3)cccc21. The molecule has 0 radical (unpaired) electrons. The largest absolute Gasteiger partial charge is 0.489 e. The summed E-state index contributed by atoms with van der Waals surface area (Å²) in [4.78, 5) is 0. The molecule has 0 aromatic heterocycles. The number of nitrogens with one attached hydrogen (secondary N) is 1. The molecule has 2 aromatic carbocycles. The van der Waals surface area contributed by atoms with Gasteiger partial charge in [0, 0.05) is 6.04 Å². The molecule has 1 unspecified atom stereocenters. The van der Waals surface area contributed by atoms with E-state index in [0.29, 0.717) is 12.6 Å². The van der Waals surface area contributed by atoms with E-state index < -0.39 is 0 Å². The predicted octanol–water partition coefficient (Wildman–Crippen LogP) is 4.00. The Morgan fingerprint density at radius 3 is 2.76 bits per heavy atom. The average Bonchev–Trinajstić information content (AvgIpc) is 2.91. The van der Waals surface area contributed by atoms with Crippen LogP contribution in [0.2, 0.25) is 0 Å². The first kappa shape index (κ1) is 14.1. The van der Waals surface area contributed by atoms with Crippen LogP contribution in [0.5, 0.6) is 5.75 Å². The topological polar surface area (TPSA) is 21.3 Å². The van der Waals surface area contributed by atoms with Gasteiger partial charge in [-0.05, 0) is 54.3 Å². The molecule has 110 valence electrons. The van der Waals surface area contributed by atoms with E-state index in [-0.39, 0.29) is 5.82 Å². The van der Waals surface area contributed by atoms with Crippen molar-refractivity contribution in [2.24, 2.45) is 0 Å². The highest BCUT2D eigenvalue weighted by molar-refractivity contribution is 5.45. The maximum absolute atomic E-state index is 12.9. The summed E-state index contributed by atoms with van der Waals surface area (Å²) in [5.74, 6) is 0.741. The Morgan fingerprint density at radius 2 is 2.00 bits per heavy atom. The molecule has 21 heavy (non-hydrogen) atoms. The fraction of sp³-hybridized carbons (Fsp3) is 0.333. The maximum atomic E-state index is 12.9. The second kappa shape index (κ2) is 6.27. The molecule has 0 amide bonds. The van der Waals surface area contributed by atoms with Crippen LogP contribution < -0.4 is 10.1 Å². The van der Waals surface area contributed by atoms with E-state index >= 15 is 0 Å². The first-order chi connectivity index (χ1) is 10.3. The number of hydrogen-bond donors (Lipinski definition) is 1. The summed E-state index contributed by atoms with van der Waals surface area (Å²) in [5, 5.41) is 3.51. The van der Waals surface area contributed by atoms with Crippen LogP contribution in [0.15, 0.2) is 42.5 Å². The van der Waals surface area contributed by atoms with Crippen molar-refractivity contribution in [1.29, 1.82) is 0 Å². The van der Waals surface area contributed by atoms with Crippen LogP contribution in [-0.4, -0.2) is 6.54 Å². The molecule has 2 aromatic rings. The lowest BCUT2D eigenvalue weighted by Crippen LogP contribution is -2.18. The van der Waals surface area contributed by atoms with E-state index in [1.165, 1.54) is 23.3 Å². The number of hydrogen-bond acceptors (Lipinski definition) is 2. The molecule has 0 fully saturated rings. The van der Waals surface area contributed by atoms with Gasteiger partial charge >= 0.3 is 0 Å². The zero-order valence-electron chi connectivity index (χ0n) is 12.2. The fourth-order valence-corrected chi connectivity index (χ4v) is 2.96. The molecule has 3 heteroatoms. The lowest BCUT2D eigenvalue weighted by Gasteiger charge is -2.14. The highest BCUT2D eigenvalue weighted by Gasteiger charge is 2.24. The first-order valence-electron chi connectivity index (χ1n) is 7.50. The Hall–Kier alpha value is -1.87. The predicted molar refractivity (Wildman–Crippen MR) is 81.9 cm³/mol. The molecular formula is C18H20FNO. The lowest BCUT2D eigenvalue weighted by molar-refractivity contribution is 0.303. The Morgan fingerprint density at radius 1 is 1.19 bits per heavy atom. The second-order valence-electron chi connectivity index (χ2n) is 5.39. The molecule has 0 bridgehead atoms. The quantitative estimate of drug-likeness (QED) is 0.896. The zero-order chi connectivity index (χ0) is 14.7. The zero-order valence-corrected chi connectivity index (χ0v) is 12.2. The molecule has 0 heterocycles. The molecule has 0 saturated heterocycles. The third-order valence-electron chi connectivity index (χ3n) is 3.99. The summed E-state index contributed by atoms with van der Waals surface area (Å²) in [6.45, 7) is 3.58. The van der Waals surface area contributed by atoms with Gasteiger partial charge in [0.1, 0.15) is 18.2 Å². The minimum Gasteiger partial charge on any atom is -0.489 e. The van der Waals surface area contributed by atoms with Gasteiger partial charge in [-0.25, -0.2) is 4.39 Å². The molecule has 1 aliphatic rings. The van der Waals surface area contributed by atoms with Crippen molar-refractivity contribution in [3.05, 3.63) is 65.0 Å². The molecular weight excluding hydrogens is 265 g/mol. The van der Waals surface area contributed by atoms with Crippen LogP contribution in [0.25, 0.3) is 0 Å². The van der Waals surface area contributed by atoms with E-state index in [2.05, 4.69) is 24.4 Å². The van der Waals surface area contributed by atoms with Gasteiger partial charge in [-0.15, -0.1) is 0 Å². The Labute approximate surface area is 125 Å². The first-order valence-corrected chi connectivity index (χ1v) is 7.50. The van der Waals surface area contributed by atoms with Crippen LogP contribution in [0.4, 0.5) is 4.39 Å². The van der Waals surface area contributed by atoms with Crippen molar-refractivity contribution < 1.29 is 9.13 Å². The van der Waals surface area contributed by atoms with Gasteiger partial charge in [-0.2, -0.15) is 0 Å². The smallest absolute Gasteiger partial charge is 0.123 e. The van der Waals surface area contributed by atoms with Gasteiger partial charge in [-0.3, -0.25) is 0 Å². The van der Waals surface area contributed by atoms with E-state index in [4.69, 9.17) is 4.74 Å². The number of rotatable bonds is 5. The van der Waals surface area contributed by atoms with Gasteiger partial charge in [-0.1, -0.05) is 31.2 Å². The normalized spacial score (nSPS) is 16.8. The van der Waals surface area contributed by atoms with Crippen molar-refractivity contribution in [2.75, 3.05) is 6.54 Å². The van der Waals surface area contributed by atoms with Crippen LogP contribution in [0.1, 0.15) is 36.1 Å². The molecule has 0 saturated carbocycles. The minimum atomic E-state index is -0.215. The summed E-state index contributed by atoms with van der Waals surface area (Å²) in [5.41, 5.74) is 3.65. The van der Waals surface area contributed by atoms with Gasteiger partial charge in [0.2, 0.25) is 0 Å². The van der Waals surface area contributed by atoms with Gasteiger partial charge in [0.05, 0.1) is 0 Å². The third-order valence-corrected chi connectivity index (χ3v) is 3.99. The number of ether oxygens (including phenoxy) is 1. The molecule has 0 aliphatic heterocycles. The van der Waals surface area contributed by atoms with Crippen molar-refractivity contribution in [3.63, 3.8) is 0 Å². The van der Waals surface area contributed by atoms with E-state index in [1.54, 1.807) is 12.1 Å². The van der Waals surface area contributed by atoms with Crippen LogP contribution >= 0.6 is 0 Å². The van der Waals surface area contributed by atoms with E-state index in [9.17, 15) is 4.39 Å². The molecule has 1 N–H and O–H groups in total. The summed E-state index contributed by atoms with van der Waals surface area (Å²) in [6.07, 6.45) is 2.17. The van der Waals surface area contributed by atoms with E-state index in [0.717, 1.165) is 30.7 Å². The summed E-state index contributed by atoms with van der Waals surface area (Å²) in [6, 6.07) is 13.2. The van der Waals surface area contributed by atoms with Crippen molar-refractivity contribution in [3.8, 4) is 5.75 Å². The number of halogens is 1. The van der Waals surface area contributed by atoms with E-state index in [1.807, 2.05) is 6.07 Å². The highest BCUT2D eigenvalue weighted by Crippen LogP contribution is 2.37. The Kier molecular flexibility index (Phi) is 4.20. The van der Waals surface area contributed by atoms with Gasteiger partial charge < -0.3 is 10.1 Å². The average molecular weight is 285 g/mol. The number of fused-ring (bicyclic) bond motifs is 1. The van der Waals surface area contributed by atoms with Crippen molar-refractivity contribution >= 4 is 0 Å². The summed E-state index contributed by atoms with van der Waals surface area (Å²) >= 11 is 0. The number of benzene rings is 2. The molecule has 1 aliphatic carbocycles. The standard InChI is InChI=1S/C18H20FNO/c1-2-20-17-11-10-16-15(17)4-3-5-18(16)21-12-13-6-8-14(19)9-7-13/h3-9,17,20H,2,10-12H2,1H3. The Balaban J connectivity index is 1.73. The van der Waals surface area contributed by atoms with Gasteiger partial charge in [0.25, 0.3) is 0 Å². The summed E-state index contributed by atoms with van der Waals surface area (Å²) in [7, 11) is 0. The van der Waals surface area contributed by atoms with Crippen molar-refractivity contribution in [2.45, 2.75) is 32.4 Å². The minimum absolute atomic E-state index is 0.215. The molecule has 2 nitrogen and oxygen atoms in total. The molecule has 3 rings (SSSR count). The van der Waals surface area contributed by atoms with Crippen molar-refractivity contribution in [1.82, 2.24) is 5.32 Å². The van der Waals surface area contributed by atoms with Crippen LogP contribution in [0, 0.1) is 5.82 Å². The molecule has 0 spiro atoms. The van der Waals surface area contributed by atoms with Crippen LogP contribution in [-0.2, 0) is 13.0 Å².